The lowest BCUT2D eigenvalue weighted by Crippen LogP contribution is -2.21. The Hall–Kier alpha value is -1.06. The van der Waals surface area contributed by atoms with E-state index in [4.69, 9.17) is 4.42 Å². The molecule has 0 fully saturated rings. The molecule has 0 aromatic carbocycles. The van der Waals surface area contributed by atoms with Crippen LogP contribution in [0.15, 0.2) is 28.9 Å². The van der Waals surface area contributed by atoms with E-state index in [1.807, 2.05) is 18.2 Å². The van der Waals surface area contributed by atoms with E-state index in [0.717, 1.165) is 25.4 Å². The van der Waals surface area contributed by atoms with Crippen molar-refractivity contribution in [3.63, 3.8) is 0 Å². The zero-order chi connectivity index (χ0) is 10.9. The van der Waals surface area contributed by atoms with Crippen molar-refractivity contribution < 1.29 is 4.42 Å². The molecule has 0 aliphatic heterocycles. The van der Waals surface area contributed by atoms with Gasteiger partial charge in [0, 0.05) is 6.54 Å². The van der Waals surface area contributed by atoms with Gasteiger partial charge in [0.05, 0.1) is 6.26 Å². The third-order valence-corrected chi connectivity index (χ3v) is 2.05. The van der Waals surface area contributed by atoms with Crippen molar-refractivity contribution in [3.05, 3.63) is 30.2 Å². The molecule has 0 bridgehead atoms. The number of hydrogen-bond donors (Lipinski definition) is 1. The number of nitrogens with one attached hydrogen (secondary N) is 1. The maximum absolute atomic E-state index is 5.17. The molecule has 0 atom stereocenters. The summed E-state index contributed by atoms with van der Waals surface area (Å²) in [7, 11) is 4.19. The van der Waals surface area contributed by atoms with E-state index in [9.17, 15) is 0 Å². The SMILES string of the molecule is CN(C)CCCNC/C=C/c1ccco1. The van der Waals surface area contributed by atoms with Crippen molar-refractivity contribution in [2.45, 2.75) is 6.42 Å². The maximum Gasteiger partial charge on any atom is 0.126 e. The van der Waals surface area contributed by atoms with E-state index < -0.39 is 0 Å². The van der Waals surface area contributed by atoms with E-state index in [0.29, 0.717) is 0 Å². The Kier molecular flexibility index (Phi) is 5.81. The summed E-state index contributed by atoms with van der Waals surface area (Å²) >= 11 is 0. The molecule has 0 spiro atoms. The van der Waals surface area contributed by atoms with Crippen molar-refractivity contribution >= 4 is 6.08 Å². The van der Waals surface area contributed by atoms with Gasteiger partial charge < -0.3 is 14.6 Å². The first kappa shape index (κ1) is 12.0. The Morgan fingerprint density at radius 1 is 1.47 bits per heavy atom. The predicted molar refractivity (Wildman–Crippen MR) is 63.8 cm³/mol. The second-order valence-electron chi connectivity index (χ2n) is 3.78. The van der Waals surface area contributed by atoms with E-state index in [1.54, 1.807) is 6.26 Å². The van der Waals surface area contributed by atoms with Gasteiger partial charge in [0.1, 0.15) is 5.76 Å². The van der Waals surface area contributed by atoms with Gasteiger partial charge in [0.2, 0.25) is 0 Å². The first-order valence-electron chi connectivity index (χ1n) is 5.34. The fourth-order valence-corrected chi connectivity index (χ4v) is 1.27. The molecule has 1 rings (SSSR count). The van der Waals surface area contributed by atoms with Gasteiger partial charge in [0.25, 0.3) is 0 Å². The Morgan fingerprint density at radius 3 is 3.00 bits per heavy atom. The van der Waals surface area contributed by atoms with Crippen LogP contribution >= 0.6 is 0 Å². The van der Waals surface area contributed by atoms with Gasteiger partial charge in [-0.15, -0.1) is 0 Å². The number of hydrogen-bond acceptors (Lipinski definition) is 3. The topological polar surface area (TPSA) is 28.4 Å². The van der Waals surface area contributed by atoms with Crippen LogP contribution in [-0.2, 0) is 0 Å². The Balaban J connectivity index is 1.97. The summed E-state index contributed by atoms with van der Waals surface area (Å²) < 4.78 is 5.17. The summed E-state index contributed by atoms with van der Waals surface area (Å²) in [5.41, 5.74) is 0. The molecule has 1 aromatic rings. The third kappa shape index (κ3) is 6.10. The van der Waals surface area contributed by atoms with Crippen molar-refractivity contribution in [1.82, 2.24) is 10.2 Å². The van der Waals surface area contributed by atoms with Crippen molar-refractivity contribution in [2.75, 3.05) is 33.7 Å². The van der Waals surface area contributed by atoms with Crippen LogP contribution < -0.4 is 5.32 Å². The summed E-state index contributed by atoms with van der Waals surface area (Å²) in [6.07, 6.45) is 6.93. The van der Waals surface area contributed by atoms with Crippen molar-refractivity contribution in [3.8, 4) is 0 Å². The fraction of sp³-hybridized carbons (Fsp3) is 0.500. The molecule has 0 unspecified atom stereocenters. The van der Waals surface area contributed by atoms with Gasteiger partial charge in [-0.1, -0.05) is 6.08 Å². The summed E-state index contributed by atoms with van der Waals surface area (Å²) in [5, 5.41) is 3.35. The van der Waals surface area contributed by atoms with E-state index in [1.165, 1.54) is 6.42 Å². The first-order chi connectivity index (χ1) is 7.29. The average Bonchev–Trinajstić information content (AvgIpc) is 2.68. The highest BCUT2D eigenvalue weighted by Crippen LogP contribution is 2.01. The molecule has 3 heteroatoms. The molecule has 15 heavy (non-hydrogen) atoms. The van der Waals surface area contributed by atoms with Crippen LogP contribution in [-0.4, -0.2) is 38.6 Å². The first-order valence-corrected chi connectivity index (χ1v) is 5.34. The summed E-state index contributed by atoms with van der Waals surface area (Å²) in [6.45, 7) is 3.09. The molecule has 0 aliphatic rings. The average molecular weight is 208 g/mol. The highest BCUT2D eigenvalue weighted by molar-refractivity contribution is 5.42. The molecular formula is C12H20N2O. The maximum atomic E-state index is 5.17. The van der Waals surface area contributed by atoms with Gasteiger partial charge in [0.15, 0.2) is 0 Å². The van der Waals surface area contributed by atoms with Crippen molar-refractivity contribution in [2.24, 2.45) is 0 Å². The summed E-state index contributed by atoms with van der Waals surface area (Å²) in [5.74, 6) is 0.907. The molecule has 0 radical (unpaired) electrons. The predicted octanol–water partition coefficient (Wildman–Crippen LogP) is 1.83. The Morgan fingerprint density at radius 2 is 2.33 bits per heavy atom. The molecule has 1 N–H and O–H groups in total. The lowest BCUT2D eigenvalue weighted by atomic mass is 10.3. The minimum Gasteiger partial charge on any atom is -0.465 e. The number of furan rings is 1. The lowest BCUT2D eigenvalue weighted by Gasteiger charge is -2.08. The second kappa shape index (κ2) is 7.26. The highest BCUT2D eigenvalue weighted by Gasteiger charge is 1.89. The zero-order valence-corrected chi connectivity index (χ0v) is 9.57. The molecule has 0 saturated heterocycles. The molecule has 1 aromatic heterocycles. The van der Waals surface area contributed by atoms with Gasteiger partial charge in [-0.05, 0) is 51.8 Å². The standard InChI is InChI=1S/C12H20N2O/c1-14(2)10-5-9-13-8-3-6-12-7-4-11-15-12/h3-4,6-7,11,13H,5,8-10H2,1-2H3/b6-3+. The van der Waals surface area contributed by atoms with E-state index in [-0.39, 0.29) is 0 Å². The molecule has 0 aliphatic carbocycles. The molecule has 0 amide bonds. The van der Waals surface area contributed by atoms with Crippen LogP contribution in [0, 0.1) is 0 Å². The molecular weight excluding hydrogens is 188 g/mol. The normalized spacial score (nSPS) is 11.7. The molecule has 84 valence electrons. The number of rotatable bonds is 7. The smallest absolute Gasteiger partial charge is 0.126 e. The minimum atomic E-state index is 0.897. The fourth-order valence-electron chi connectivity index (χ4n) is 1.27. The van der Waals surface area contributed by atoms with Gasteiger partial charge in [-0.2, -0.15) is 0 Å². The third-order valence-electron chi connectivity index (χ3n) is 2.05. The zero-order valence-electron chi connectivity index (χ0n) is 9.57. The van der Waals surface area contributed by atoms with Crippen LogP contribution in [0.4, 0.5) is 0 Å². The highest BCUT2D eigenvalue weighted by atomic mass is 16.3. The summed E-state index contributed by atoms with van der Waals surface area (Å²) in [6, 6.07) is 3.84. The van der Waals surface area contributed by atoms with Gasteiger partial charge in [-0.3, -0.25) is 0 Å². The van der Waals surface area contributed by atoms with Crippen LogP contribution in [0.5, 0.6) is 0 Å². The van der Waals surface area contributed by atoms with Gasteiger partial charge in [-0.25, -0.2) is 0 Å². The molecule has 0 saturated carbocycles. The van der Waals surface area contributed by atoms with Crippen LogP contribution in [0.2, 0.25) is 0 Å². The number of nitrogens with zero attached hydrogens (tertiary/aromatic N) is 1. The van der Waals surface area contributed by atoms with E-state index >= 15 is 0 Å². The van der Waals surface area contributed by atoms with Crippen molar-refractivity contribution in [1.29, 1.82) is 0 Å². The Bertz CT molecular complexity index is 265. The summed E-state index contributed by atoms with van der Waals surface area (Å²) in [4.78, 5) is 2.19. The van der Waals surface area contributed by atoms with Crippen LogP contribution in [0.1, 0.15) is 12.2 Å². The van der Waals surface area contributed by atoms with Gasteiger partial charge >= 0.3 is 0 Å². The molecule has 1 heterocycles. The minimum absolute atomic E-state index is 0.897. The van der Waals surface area contributed by atoms with Crippen LogP contribution in [0.25, 0.3) is 6.08 Å². The van der Waals surface area contributed by atoms with Crippen LogP contribution in [0.3, 0.4) is 0 Å². The van der Waals surface area contributed by atoms with E-state index in [2.05, 4.69) is 30.4 Å². The largest absolute Gasteiger partial charge is 0.465 e. The quantitative estimate of drug-likeness (QED) is 0.693. The molecule has 3 nitrogen and oxygen atoms in total. The second-order valence-corrected chi connectivity index (χ2v) is 3.78. The lowest BCUT2D eigenvalue weighted by molar-refractivity contribution is 0.396. The Labute approximate surface area is 91.8 Å². The monoisotopic (exact) mass is 208 g/mol.